The highest BCUT2D eigenvalue weighted by Gasteiger charge is 1.94. The molecule has 0 fully saturated rings. The van der Waals surface area contributed by atoms with Gasteiger partial charge in [0.15, 0.2) is 0 Å². The fraction of sp³-hybridized carbons (Fsp3) is 0.929. The number of hydrogen-bond acceptors (Lipinski definition) is 7. The maximum atomic E-state index is 10.6. The Morgan fingerprint density at radius 3 is 1.67 bits per heavy atom. The van der Waals surface area contributed by atoms with Gasteiger partial charge in [-0.1, -0.05) is 5.11 Å². The lowest BCUT2D eigenvalue weighted by atomic mass is 10.6. The summed E-state index contributed by atoms with van der Waals surface area (Å²) in [5.41, 5.74) is 8.05. The fourth-order valence-electron chi connectivity index (χ4n) is 1.43. The zero-order chi connectivity index (χ0) is 17.7. The average Bonchev–Trinajstić information content (AvgIpc) is 2.56. The smallest absolute Gasteiger partial charge is 0.216 e. The number of ether oxygens (including phenoxy) is 5. The molecule has 0 atom stereocenters. The maximum Gasteiger partial charge on any atom is 0.216 e. The van der Waals surface area contributed by atoms with Crippen molar-refractivity contribution in [2.45, 2.75) is 6.92 Å². The lowest BCUT2D eigenvalue weighted by Gasteiger charge is -2.08. The Morgan fingerprint density at radius 1 is 0.833 bits per heavy atom. The summed E-state index contributed by atoms with van der Waals surface area (Å²) in [4.78, 5) is 13.2. The first-order chi connectivity index (χ1) is 11.8. The number of carbonyl (C=O) groups is 1. The van der Waals surface area contributed by atoms with Crippen LogP contribution in [0.4, 0.5) is 0 Å². The van der Waals surface area contributed by atoms with Gasteiger partial charge in [-0.15, -0.1) is 0 Å². The Hall–Kier alpha value is -1.42. The van der Waals surface area contributed by atoms with Crippen LogP contribution in [-0.2, 0) is 28.5 Å². The van der Waals surface area contributed by atoms with Gasteiger partial charge in [0.1, 0.15) is 0 Å². The summed E-state index contributed by atoms with van der Waals surface area (Å²) < 4.78 is 26.4. The molecule has 0 aliphatic carbocycles. The lowest BCUT2D eigenvalue weighted by molar-refractivity contribution is -0.119. The Morgan fingerprint density at radius 2 is 1.25 bits per heavy atom. The summed E-state index contributed by atoms with van der Waals surface area (Å²) in [5.74, 6) is -0.0613. The molecular formula is C14H28N4O6. The third-order valence-electron chi connectivity index (χ3n) is 2.51. The summed E-state index contributed by atoms with van der Waals surface area (Å²) in [6.07, 6.45) is 0. The largest absolute Gasteiger partial charge is 0.379 e. The molecule has 0 bridgehead atoms. The van der Waals surface area contributed by atoms with Gasteiger partial charge in [-0.05, 0) is 5.53 Å². The van der Waals surface area contributed by atoms with Crippen molar-refractivity contribution in [3.05, 3.63) is 10.4 Å². The third kappa shape index (κ3) is 20.6. The first-order valence-electron chi connectivity index (χ1n) is 7.91. The van der Waals surface area contributed by atoms with Crippen molar-refractivity contribution in [1.29, 1.82) is 0 Å². The molecule has 24 heavy (non-hydrogen) atoms. The fourth-order valence-corrected chi connectivity index (χ4v) is 1.43. The standard InChI is InChI=1S/C14H28N4O6/c1-14(19)16-2-4-20-6-8-22-10-12-24-13-11-23-9-7-21-5-3-17-18-15/h2-13H2,1H3,(H,16,19). The second kappa shape index (κ2) is 19.6. The van der Waals surface area contributed by atoms with Crippen molar-refractivity contribution in [3.8, 4) is 0 Å². The molecule has 0 aromatic carbocycles. The van der Waals surface area contributed by atoms with E-state index in [2.05, 4.69) is 15.3 Å². The number of nitrogens with zero attached hydrogens (tertiary/aromatic N) is 3. The molecule has 0 aliphatic heterocycles. The molecule has 1 N–H and O–H groups in total. The average molecular weight is 348 g/mol. The van der Waals surface area contributed by atoms with Crippen molar-refractivity contribution >= 4 is 5.91 Å². The maximum absolute atomic E-state index is 10.6. The summed E-state index contributed by atoms with van der Waals surface area (Å²) >= 11 is 0. The number of rotatable bonds is 18. The van der Waals surface area contributed by atoms with Gasteiger partial charge in [-0.3, -0.25) is 4.79 Å². The molecule has 1 amide bonds. The van der Waals surface area contributed by atoms with Crippen LogP contribution in [0.5, 0.6) is 0 Å². The van der Waals surface area contributed by atoms with Crippen molar-refractivity contribution in [2.75, 3.05) is 79.2 Å². The van der Waals surface area contributed by atoms with Crippen LogP contribution in [-0.4, -0.2) is 85.1 Å². The van der Waals surface area contributed by atoms with Crippen LogP contribution in [0.3, 0.4) is 0 Å². The molecule has 10 nitrogen and oxygen atoms in total. The highest BCUT2D eigenvalue weighted by Crippen LogP contribution is 1.84. The summed E-state index contributed by atoms with van der Waals surface area (Å²) in [6, 6.07) is 0. The molecule has 10 heteroatoms. The van der Waals surface area contributed by atoms with E-state index >= 15 is 0 Å². The molecule has 0 heterocycles. The van der Waals surface area contributed by atoms with E-state index in [-0.39, 0.29) is 5.91 Å². The second-order valence-electron chi connectivity index (χ2n) is 4.50. The highest BCUT2D eigenvalue weighted by atomic mass is 16.6. The summed E-state index contributed by atoms with van der Waals surface area (Å²) in [6.45, 7) is 7.10. The van der Waals surface area contributed by atoms with Crippen LogP contribution in [0.25, 0.3) is 10.4 Å². The van der Waals surface area contributed by atoms with E-state index in [1.165, 1.54) is 6.92 Å². The molecule has 0 radical (unpaired) electrons. The molecule has 0 aromatic heterocycles. The molecule has 0 aromatic rings. The van der Waals surface area contributed by atoms with Gasteiger partial charge in [-0.2, -0.15) is 0 Å². The van der Waals surface area contributed by atoms with Gasteiger partial charge in [0, 0.05) is 24.9 Å². The monoisotopic (exact) mass is 348 g/mol. The zero-order valence-corrected chi connectivity index (χ0v) is 14.3. The van der Waals surface area contributed by atoms with E-state index in [0.717, 1.165) is 0 Å². The van der Waals surface area contributed by atoms with Gasteiger partial charge >= 0.3 is 0 Å². The Balaban J connectivity index is 3.00. The molecule has 0 spiro atoms. The second-order valence-corrected chi connectivity index (χ2v) is 4.50. The van der Waals surface area contributed by atoms with Gasteiger partial charge in [0.25, 0.3) is 0 Å². The number of carbonyl (C=O) groups excluding carboxylic acids is 1. The topological polar surface area (TPSA) is 124 Å². The van der Waals surface area contributed by atoms with Gasteiger partial charge in [0.2, 0.25) is 5.91 Å². The van der Waals surface area contributed by atoms with Crippen LogP contribution in [0.1, 0.15) is 6.92 Å². The molecule has 0 unspecified atom stereocenters. The molecule has 0 rings (SSSR count). The first kappa shape index (κ1) is 22.6. The number of nitrogens with one attached hydrogen (secondary N) is 1. The van der Waals surface area contributed by atoms with Crippen LogP contribution in [0.2, 0.25) is 0 Å². The van der Waals surface area contributed by atoms with Crippen LogP contribution in [0, 0.1) is 0 Å². The van der Waals surface area contributed by atoms with Crippen LogP contribution < -0.4 is 5.32 Å². The highest BCUT2D eigenvalue weighted by molar-refractivity contribution is 5.72. The van der Waals surface area contributed by atoms with Gasteiger partial charge in [-0.25, -0.2) is 0 Å². The van der Waals surface area contributed by atoms with Crippen molar-refractivity contribution in [3.63, 3.8) is 0 Å². The van der Waals surface area contributed by atoms with E-state index in [4.69, 9.17) is 29.2 Å². The number of hydrogen-bond donors (Lipinski definition) is 1. The SMILES string of the molecule is CC(=O)NCCOCCOCCOCCOCCOCCN=[N+]=[N-]. The minimum absolute atomic E-state index is 0.0613. The summed E-state index contributed by atoms with van der Waals surface area (Å²) in [7, 11) is 0. The predicted molar refractivity (Wildman–Crippen MR) is 86.8 cm³/mol. The summed E-state index contributed by atoms with van der Waals surface area (Å²) in [5, 5.41) is 5.98. The quantitative estimate of drug-likeness (QED) is 0.167. The molecular weight excluding hydrogens is 320 g/mol. The Kier molecular flexibility index (Phi) is 18.5. The van der Waals surface area contributed by atoms with Crippen LogP contribution >= 0.6 is 0 Å². The molecule has 0 saturated heterocycles. The molecule has 140 valence electrons. The Labute approximate surface area is 142 Å². The van der Waals surface area contributed by atoms with E-state index in [9.17, 15) is 4.79 Å². The van der Waals surface area contributed by atoms with Crippen molar-refractivity contribution in [2.24, 2.45) is 5.11 Å². The first-order valence-corrected chi connectivity index (χ1v) is 7.91. The van der Waals surface area contributed by atoms with Crippen molar-refractivity contribution in [1.82, 2.24) is 5.32 Å². The van der Waals surface area contributed by atoms with Gasteiger partial charge < -0.3 is 29.0 Å². The van der Waals surface area contributed by atoms with Gasteiger partial charge in [0.05, 0.1) is 66.1 Å². The van der Waals surface area contributed by atoms with Crippen LogP contribution in [0.15, 0.2) is 5.11 Å². The minimum Gasteiger partial charge on any atom is -0.379 e. The minimum atomic E-state index is -0.0613. The third-order valence-corrected chi connectivity index (χ3v) is 2.51. The van der Waals surface area contributed by atoms with E-state index in [1.54, 1.807) is 0 Å². The number of amides is 1. The molecule has 0 aliphatic rings. The zero-order valence-electron chi connectivity index (χ0n) is 14.3. The molecule has 0 saturated carbocycles. The number of azide groups is 1. The van der Waals surface area contributed by atoms with Crippen molar-refractivity contribution < 1.29 is 28.5 Å². The van der Waals surface area contributed by atoms with E-state index in [1.807, 2.05) is 0 Å². The van der Waals surface area contributed by atoms with E-state index < -0.39 is 0 Å². The normalized spacial score (nSPS) is 10.4. The van der Waals surface area contributed by atoms with E-state index in [0.29, 0.717) is 79.2 Å². The predicted octanol–water partition coefficient (Wildman–Crippen LogP) is 0.516. The lowest BCUT2D eigenvalue weighted by Crippen LogP contribution is -2.25. The Bertz CT molecular complexity index is 321.